The molecule has 5 rings (SSSR count). The summed E-state index contributed by atoms with van der Waals surface area (Å²) < 4.78 is 25.5. The number of methoxy groups -OCH3 is 1. The van der Waals surface area contributed by atoms with Gasteiger partial charge in [-0.05, 0) is 66.2 Å². The van der Waals surface area contributed by atoms with Gasteiger partial charge in [-0.15, -0.1) is 0 Å². The molecular formula is C26H17BrFNO5. The predicted octanol–water partition coefficient (Wildman–Crippen LogP) is 6.13. The van der Waals surface area contributed by atoms with E-state index in [1.54, 1.807) is 48.5 Å². The molecule has 1 aliphatic rings. The molecule has 1 N–H and O–H groups in total. The van der Waals surface area contributed by atoms with E-state index < -0.39 is 29.3 Å². The Morgan fingerprint density at radius 2 is 1.85 bits per heavy atom. The highest BCUT2D eigenvalue weighted by molar-refractivity contribution is 9.10. The van der Waals surface area contributed by atoms with E-state index in [0.29, 0.717) is 28.0 Å². The average molecular weight is 522 g/mol. The number of ketones is 1. The number of amides is 1. The maximum Gasteiger partial charge on any atom is 0.294 e. The molecule has 1 amide bonds. The molecule has 0 aliphatic carbocycles. The minimum Gasteiger partial charge on any atom is -0.503 e. The SMILES string of the molecule is COc1cccc(C2C(C(=O)c3cc4cc(Br)ccc4o3)=C(O)C(=O)N2c2ccc(F)cc2)c1. The maximum absolute atomic E-state index is 13.6. The van der Waals surface area contributed by atoms with Crippen molar-refractivity contribution < 1.29 is 28.2 Å². The topological polar surface area (TPSA) is 80.0 Å². The van der Waals surface area contributed by atoms with Gasteiger partial charge in [0, 0.05) is 15.5 Å². The van der Waals surface area contributed by atoms with Crippen LogP contribution < -0.4 is 9.64 Å². The van der Waals surface area contributed by atoms with Gasteiger partial charge in [-0.25, -0.2) is 4.39 Å². The Morgan fingerprint density at radius 3 is 2.59 bits per heavy atom. The van der Waals surface area contributed by atoms with Gasteiger partial charge >= 0.3 is 0 Å². The lowest BCUT2D eigenvalue weighted by atomic mass is 9.94. The molecule has 0 spiro atoms. The van der Waals surface area contributed by atoms with Crippen LogP contribution in [0.2, 0.25) is 0 Å². The average Bonchev–Trinajstić information content (AvgIpc) is 3.38. The minimum absolute atomic E-state index is 0.0173. The monoisotopic (exact) mass is 521 g/mol. The highest BCUT2D eigenvalue weighted by Crippen LogP contribution is 2.43. The Balaban J connectivity index is 1.66. The second kappa shape index (κ2) is 8.46. The molecule has 2 heterocycles. The highest BCUT2D eigenvalue weighted by atomic mass is 79.9. The number of aliphatic hydroxyl groups excluding tert-OH is 1. The summed E-state index contributed by atoms with van der Waals surface area (Å²) in [6, 6.07) is 18.0. The quantitative estimate of drug-likeness (QED) is 0.319. The van der Waals surface area contributed by atoms with Crippen molar-refractivity contribution >= 4 is 44.3 Å². The van der Waals surface area contributed by atoms with Crippen LogP contribution in [0.15, 0.2) is 93.0 Å². The Labute approximate surface area is 202 Å². The van der Waals surface area contributed by atoms with Crippen LogP contribution in [-0.4, -0.2) is 23.9 Å². The third-order valence-corrected chi connectivity index (χ3v) is 6.16. The number of hydrogen-bond donors (Lipinski definition) is 1. The van der Waals surface area contributed by atoms with Gasteiger partial charge in [0.05, 0.1) is 18.7 Å². The molecule has 4 aromatic rings. The molecule has 0 saturated carbocycles. The van der Waals surface area contributed by atoms with Crippen LogP contribution in [-0.2, 0) is 4.79 Å². The summed E-state index contributed by atoms with van der Waals surface area (Å²) in [5.74, 6) is -2.08. The molecule has 34 heavy (non-hydrogen) atoms. The van der Waals surface area contributed by atoms with E-state index in [0.717, 1.165) is 4.47 Å². The molecule has 170 valence electrons. The zero-order chi connectivity index (χ0) is 24.0. The molecular weight excluding hydrogens is 505 g/mol. The van der Waals surface area contributed by atoms with Crippen LogP contribution in [0.4, 0.5) is 10.1 Å². The Morgan fingerprint density at radius 1 is 1.09 bits per heavy atom. The van der Waals surface area contributed by atoms with Crippen molar-refractivity contribution in [2.24, 2.45) is 0 Å². The molecule has 0 bridgehead atoms. The fourth-order valence-electron chi connectivity index (χ4n) is 4.09. The molecule has 1 unspecified atom stereocenters. The van der Waals surface area contributed by atoms with Crippen LogP contribution in [0.25, 0.3) is 11.0 Å². The number of furan rings is 1. The lowest BCUT2D eigenvalue weighted by molar-refractivity contribution is -0.117. The first-order valence-electron chi connectivity index (χ1n) is 10.3. The zero-order valence-corrected chi connectivity index (χ0v) is 19.4. The Kier molecular flexibility index (Phi) is 5.45. The van der Waals surface area contributed by atoms with Gasteiger partial charge in [0.2, 0.25) is 5.78 Å². The number of fused-ring (bicyclic) bond motifs is 1. The predicted molar refractivity (Wildman–Crippen MR) is 128 cm³/mol. The van der Waals surface area contributed by atoms with Crippen LogP contribution in [0, 0.1) is 5.82 Å². The standard InChI is InChI=1S/C26H17BrFNO5/c1-33-19-4-2-3-14(12-19)23-22(24(30)21-13-15-11-16(27)5-10-20(15)34-21)25(31)26(32)29(23)18-8-6-17(28)7-9-18/h2-13,23,31H,1H3. The number of aliphatic hydroxyl groups is 1. The van der Waals surface area contributed by atoms with Gasteiger partial charge in [0.25, 0.3) is 5.91 Å². The fourth-order valence-corrected chi connectivity index (χ4v) is 4.47. The van der Waals surface area contributed by atoms with Crippen molar-refractivity contribution in [2.75, 3.05) is 12.0 Å². The number of anilines is 1. The second-order valence-electron chi connectivity index (χ2n) is 7.71. The first-order valence-corrected chi connectivity index (χ1v) is 11.1. The van der Waals surface area contributed by atoms with Crippen LogP contribution in [0.1, 0.15) is 22.2 Å². The van der Waals surface area contributed by atoms with Crippen molar-refractivity contribution in [3.05, 3.63) is 106 Å². The van der Waals surface area contributed by atoms with E-state index in [1.165, 1.54) is 36.3 Å². The van der Waals surface area contributed by atoms with Crippen molar-refractivity contribution in [1.82, 2.24) is 0 Å². The van der Waals surface area contributed by atoms with Crippen LogP contribution >= 0.6 is 15.9 Å². The summed E-state index contributed by atoms with van der Waals surface area (Å²) in [5.41, 5.74) is 1.20. The molecule has 0 radical (unpaired) electrons. The van der Waals surface area contributed by atoms with Crippen LogP contribution in [0.5, 0.6) is 5.75 Å². The van der Waals surface area contributed by atoms with Gasteiger partial charge in [0.1, 0.15) is 17.1 Å². The van der Waals surface area contributed by atoms with Crippen LogP contribution in [0.3, 0.4) is 0 Å². The van der Waals surface area contributed by atoms with E-state index in [9.17, 15) is 19.1 Å². The fraction of sp³-hybridized carbons (Fsp3) is 0.0769. The van der Waals surface area contributed by atoms with E-state index in [4.69, 9.17) is 9.15 Å². The number of halogens is 2. The number of rotatable bonds is 5. The number of benzene rings is 3. The van der Waals surface area contributed by atoms with Gasteiger partial charge in [-0.2, -0.15) is 0 Å². The molecule has 0 fully saturated rings. The maximum atomic E-state index is 13.6. The summed E-state index contributed by atoms with van der Waals surface area (Å²) in [7, 11) is 1.50. The molecule has 1 aromatic heterocycles. The summed E-state index contributed by atoms with van der Waals surface area (Å²) in [5, 5.41) is 11.6. The number of carbonyl (C=O) groups is 2. The van der Waals surface area contributed by atoms with Gasteiger partial charge in [-0.1, -0.05) is 28.1 Å². The third-order valence-electron chi connectivity index (χ3n) is 5.67. The lowest BCUT2D eigenvalue weighted by Crippen LogP contribution is -2.31. The summed E-state index contributed by atoms with van der Waals surface area (Å²) in [4.78, 5) is 28.1. The van der Waals surface area contributed by atoms with E-state index in [2.05, 4.69) is 15.9 Å². The van der Waals surface area contributed by atoms with E-state index in [-0.39, 0.29) is 11.3 Å². The highest BCUT2D eigenvalue weighted by Gasteiger charge is 2.45. The van der Waals surface area contributed by atoms with Crippen molar-refractivity contribution in [3.63, 3.8) is 0 Å². The summed E-state index contributed by atoms with van der Waals surface area (Å²) >= 11 is 3.39. The minimum atomic E-state index is -0.986. The normalized spacial score (nSPS) is 15.9. The number of nitrogens with zero attached hydrogens (tertiary/aromatic N) is 1. The van der Waals surface area contributed by atoms with Gasteiger partial charge in [-0.3, -0.25) is 14.5 Å². The third kappa shape index (κ3) is 3.66. The molecule has 8 heteroatoms. The number of Topliss-reactive ketones (excluding diaryl/α,β-unsaturated/α-hetero) is 1. The van der Waals surface area contributed by atoms with Crippen molar-refractivity contribution in [2.45, 2.75) is 6.04 Å². The lowest BCUT2D eigenvalue weighted by Gasteiger charge is -2.27. The number of carbonyl (C=O) groups excluding carboxylic acids is 2. The smallest absolute Gasteiger partial charge is 0.294 e. The first-order chi connectivity index (χ1) is 16.4. The van der Waals surface area contributed by atoms with Crippen molar-refractivity contribution in [1.29, 1.82) is 0 Å². The van der Waals surface area contributed by atoms with E-state index in [1.807, 2.05) is 0 Å². The molecule has 6 nitrogen and oxygen atoms in total. The van der Waals surface area contributed by atoms with Gasteiger partial charge in [0.15, 0.2) is 11.5 Å². The largest absolute Gasteiger partial charge is 0.503 e. The molecule has 3 aromatic carbocycles. The van der Waals surface area contributed by atoms with Gasteiger partial charge < -0.3 is 14.3 Å². The second-order valence-corrected chi connectivity index (χ2v) is 8.63. The molecule has 1 atom stereocenters. The number of hydrogen-bond acceptors (Lipinski definition) is 5. The Hall–Kier alpha value is -3.91. The first kappa shape index (κ1) is 21.9. The van der Waals surface area contributed by atoms with E-state index >= 15 is 0 Å². The number of ether oxygens (including phenoxy) is 1. The molecule has 0 saturated heterocycles. The summed E-state index contributed by atoms with van der Waals surface area (Å²) in [6.07, 6.45) is 0. The van der Waals surface area contributed by atoms with Crippen molar-refractivity contribution in [3.8, 4) is 5.75 Å². The Bertz CT molecular complexity index is 1470. The zero-order valence-electron chi connectivity index (χ0n) is 17.8. The molecule has 1 aliphatic heterocycles. The summed E-state index contributed by atoms with van der Waals surface area (Å²) in [6.45, 7) is 0.